The van der Waals surface area contributed by atoms with Crippen molar-refractivity contribution in [3.8, 4) is 0 Å². The molecule has 0 heterocycles. The van der Waals surface area contributed by atoms with Crippen LogP contribution in [0.25, 0.3) is 0 Å². The average molecular weight is 366 g/mol. The van der Waals surface area contributed by atoms with Gasteiger partial charge in [-0.3, -0.25) is 0 Å². The van der Waals surface area contributed by atoms with E-state index < -0.39 is 17.0 Å². The molecule has 8 heteroatoms. The first-order chi connectivity index (χ1) is 11.2. The molecule has 1 atom stereocenters. The Labute approximate surface area is 150 Å². The van der Waals surface area contributed by atoms with Crippen molar-refractivity contribution in [3.05, 3.63) is 0 Å². The van der Waals surface area contributed by atoms with Crippen LogP contribution in [0.5, 0.6) is 0 Å². The summed E-state index contributed by atoms with van der Waals surface area (Å²) in [6.07, 6.45) is 2.04. The first-order valence-corrected chi connectivity index (χ1v) is 8.62. The molecule has 25 heavy (non-hydrogen) atoms. The minimum absolute atomic E-state index is 0.0554. The molecular weight excluding hydrogens is 332 g/mol. The lowest BCUT2D eigenvalue weighted by Gasteiger charge is -2.43. The third-order valence-electron chi connectivity index (χ3n) is 3.30. The van der Waals surface area contributed by atoms with Crippen LogP contribution in [0.3, 0.4) is 0 Å². The molecular formula is C17H34O8. The fourth-order valence-corrected chi connectivity index (χ4v) is 2.94. The van der Waals surface area contributed by atoms with Crippen molar-refractivity contribution in [1.29, 1.82) is 0 Å². The molecule has 1 fully saturated rings. The number of rotatable bonds is 8. The molecule has 1 saturated carbocycles. The van der Waals surface area contributed by atoms with Gasteiger partial charge in [-0.15, -0.1) is 0 Å². The molecule has 1 aliphatic carbocycles. The molecule has 0 aromatic carbocycles. The van der Waals surface area contributed by atoms with Crippen LogP contribution in [0.15, 0.2) is 0 Å². The molecule has 0 aliphatic heterocycles. The van der Waals surface area contributed by atoms with Crippen molar-refractivity contribution >= 4 is 0 Å². The van der Waals surface area contributed by atoms with Gasteiger partial charge in [-0.1, -0.05) is 20.8 Å². The lowest BCUT2D eigenvalue weighted by atomic mass is 9.70. The molecule has 0 aromatic heterocycles. The van der Waals surface area contributed by atoms with Crippen LogP contribution in [0, 0.1) is 11.3 Å². The topological polar surface area (TPSA) is 73.8 Å². The van der Waals surface area contributed by atoms with Gasteiger partial charge in [-0.2, -0.15) is 19.6 Å². The molecule has 0 spiro atoms. The maximum Gasteiger partial charge on any atom is 0.241 e. The van der Waals surface area contributed by atoms with Crippen molar-refractivity contribution in [2.45, 2.75) is 98.6 Å². The summed E-state index contributed by atoms with van der Waals surface area (Å²) in [6.45, 7) is 17.2. The van der Waals surface area contributed by atoms with E-state index in [4.69, 9.17) is 29.6 Å². The molecule has 0 amide bonds. The Morgan fingerprint density at radius 2 is 1.16 bits per heavy atom. The Morgan fingerprint density at radius 3 is 1.52 bits per heavy atom. The fraction of sp³-hybridized carbons (Fsp3) is 1.00. The van der Waals surface area contributed by atoms with Gasteiger partial charge in [0, 0.05) is 12.8 Å². The molecule has 0 bridgehead atoms. The van der Waals surface area contributed by atoms with Crippen molar-refractivity contribution in [3.63, 3.8) is 0 Å². The van der Waals surface area contributed by atoms with E-state index in [1.165, 1.54) is 0 Å². The van der Waals surface area contributed by atoms with E-state index in [0.29, 0.717) is 18.8 Å². The van der Waals surface area contributed by atoms with Gasteiger partial charge in [-0.05, 0) is 79.4 Å². The van der Waals surface area contributed by atoms with Gasteiger partial charge < -0.3 is 0 Å². The number of hydrogen-bond acceptors (Lipinski definition) is 8. The Kier molecular flexibility index (Phi) is 7.80. The Hall–Kier alpha value is -0.320. The van der Waals surface area contributed by atoms with Crippen LogP contribution in [0.1, 0.15) is 81.6 Å². The summed E-state index contributed by atoms with van der Waals surface area (Å²) < 4.78 is 0. The predicted octanol–water partition coefficient (Wildman–Crippen LogP) is 4.75. The van der Waals surface area contributed by atoms with Crippen molar-refractivity contribution in [1.82, 2.24) is 0 Å². The SMILES string of the molecule is CC1CC(C)(C)CC(OOOOC(C)(C)C)(OOOOC(C)(C)C)C1. The van der Waals surface area contributed by atoms with E-state index >= 15 is 0 Å². The van der Waals surface area contributed by atoms with Crippen LogP contribution in [0.4, 0.5) is 0 Å². The predicted molar refractivity (Wildman–Crippen MR) is 87.7 cm³/mol. The molecule has 0 aromatic rings. The van der Waals surface area contributed by atoms with Crippen LogP contribution in [0.2, 0.25) is 0 Å². The fourth-order valence-electron chi connectivity index (χ4n) is 2.94. The lowest BCUT2D eigenvalue weighted by molar-refractivity contribution is -0.731. The average Bonchev–Trinajstić information content (AvgIpc) is 2.36. The van der Waals surface area contributed by atoms with E-state index in [1.807, 2.05) is 41.5 Å². The lowest BCUT2D eigenvalue weighted by Crippen LogP contribution is -2.46. The van der Waals surface area contributed by atoms with Gasteiger partial charge in [-0.25, -0.2) is 0 Å². The van der Waals surface area contributed by atoms with E-state index in [0.717, 1.165) is 6.42 Å². The van der Waals surface area contributed by atoms with E-state index in [9.17, 15) is 0 Å². The van der Waals surface area contributed by atoms with Crippen LogP contribution < -0.4 is 0 Å². The van der Waals surface area contributed by atoms with Gasteiger partial charge >= 0.3 is 0 Å². The summed E-state index contributed by atoms with van der Waals surface area (Å²) >= 11 is 0. The number of hydrogen-bond donors (Lipinski definition) is 0. The van der Waals surface area contributed by atoms with Crippen molar-refractivity contribution in [2.75, 3.05) is 0 Å². The highest BCUT2D eigenvalue weighted by molar-refractivity contribution is 4.87. The largest absolute Gasteiger partial charge is 0.241 e. The summed E-state index contributed by atoms with van der Waals surface area (Å²) in [4.78, 5) is 20.8. The summed E-state index contributed by atoms with van der Waals surface area (Å²) in [5, 5.41) is 18.9. The second-order valence-corrected chi connectivity index (χ2v) is 9.60. The molecule has 0 saturated heterocycles. The highest BCUT2D eigenvalue weighted by Crippen LogP contribution is 2.46. The molecule has 0 radical (unpaired) electrons. The third kappa shape index (κ3) is 9.81. The minimum Gasteiger partial charge on any atom is -0.198 e. The van der Waals surface area contributed by atoms with E-state index in [-0.39, 0.29) is 5.41 Å². The van der Waals surface area contributed by atoms with Gasteiger partial charge in [0.05, 0.1) is 11.2 Å². The molecule has 0 N–H and O–H groups in total. The Bertz CT molecular complexity index is 374. The molecule has 150 valence electrons. The van der Waals surface area contributed by atoms with Gasteiger partial charge in [0.1, 0.15) is 0 Å². The normalized spacial score (nSPS) is 23.6. The maximum atomic E-state index is 5.37. The Balaban J connectivity index is 2.63. The molecule has 1 unspecified atom stereocenters. The van der Waals surface area contributed by atoms with Gasteiger partial charge in [0.2, 0.25) is 5.79 Å². The molecule has 1 rings (SSSR count). The van der Waals surface area contributed by atoms with Crippen LogP contribution in [-0.4, -0.2) is 17.0 Å². The standard InChI is InChI=1S/C17H34O8/c1-13-10-16(8,9)12-17(11-13,20-24-22-18-14(2,3)4)21-25-23-19-15(5,6)7/h13H,10-12H2,1-9H3. The van der Waals surface area contributed by atoms with E-state index in [2.05, 4.69) is 30.8 Å². The second-order valence-electron chi connectivity index (χ2n) is 9.60. The Morgan fingerprint density at radius 1 is 0.720 bits per heavy atom. The zero-order valence-electron chi connectivity index (χ0n) is 17.0. The van der Waals surface area contributed by atoms with Gasteiger partial charge in [0.15, 0.2) is 0 Å². The van der Waals surface area contributed by atoms with Crippen LogP contribution >= 0.6 is 0 Å². The zero-order chi connectivity index (χ0) is 19.4. The highest BCUT2D eigenvalue weighted by Gasteiger charge is 2.48. The second kappa shape index (κ2) is 8.58. The maximum absolute atomic E-state index is 5.37. The first-order valence-electron chi connectivity index (χ1n) is 8.62. The minimum atomic E-state index is -1.22. The smallest absolute Gasteiger partial charge is 0.198 e. The highest BCUT2D eigenvalue weighted by atomic mass is 17.7. The summed E-state index contributed by atoms with van der Waals surface area (Å²) in [7, 11) is 0. The van der Waals surface area contributed by atoms with Crippen molar-refractivity contribution in [2.24, 2.45) is 11.3 Å². The summed E-state index contributed by atoms with van der Waals surface area (Å²) in [5.74, 6) is -0.910. The van der Waals surface area contributed by atoms with Crippen LogP contribution in [-0.2, 0) is 39.7 Å². The van der Waals surface area contributed by atoms with Crippen molar-refractivity contribution < 1.29 is 39.7 Å². The van der Waals surface area contributed by atoms with E-state index in [1.54, 1.807) is 0 Å². The zero-order valence-corrected chi connectivity index (χ0v) is 17.0. The first kappa shape index (κ1) is 22.7. The molecule has 1 aliphatic rings. The van der Waals surface area contributed by atoms with Gasteiger partial charge in [0.25, 0.3) is 0 Å². The summed E-state index contributed by atoms with van der Waals surface area (Å²) in [5.41, 5.74) is -1.15. The molecule has 8 nitrogen and oxygen atoms in total. The summed E-state index contributed by atoms with van der Waals surface area (Å²) in [6, 6.07) is 0. The quantitative estimate of drug-likeness (QED) is 0.264. The monoisotopic (exact) mass is 366 g/mol. The third-order valence-corrected chi connectivity index (χ3v) is 3.30.